The number of quaternary nitrogens is 1. The molecule has 0 unspecified atom stereocenters. The third-order valence-electron chi connectivity index (χ3n) is 3.45. The molecule has 4 nitrogen and oxygen atoms in total. The van der Waals surface area contributed by atoms with Gasteiger partial charge in [-0.1, -0.05) is 0 Å². The van der Waals surface area contributed by atoms with Crippen LogP contribution in [0.2, 0.25) is 0 Å². The molecule has 0 aromatic carbocycles. The molecule has 5 heteroatoms. The molecule has 0 bridgehead atoms. The molecule has 1 saturated heterocycles. The number of rotatable bonds is 2. The van der Waals surface area contributed by atoms with Gasteiger partial charge in [0.1, 0.15) is 6.54 Å². The molecule has 19 heavy (non-hydrogen) atoms. The molecule has 0 saturated carbocycles. The third-order valence-corrected chi connectivity index (χ3v) is 3.45. The third kappa shape index (κ3) is 8.10. The van der Waals surface area contributed by atoms with Crippen molar-refractivity contribution in [2.45, 2.75) is 58.0 Å². The molecule has 1 aliphatic rings. The molecular weight excluding hydrogens is 264 g/mol. The Morgan fingerprint density at radius 1 is 1.05 bits per heavy atom. The molecule has 0 atom stereocenters. The smallest absolute Gasteiger partial charge is 0.101 e. The maximum absolute atomic E-state index is 11.7. The van der Waals surface area contributed by atoms with E-state index >= 15 is 0 Å². The van der Waals surface area contributed by atoms with Gasteiger partial charge in [-0.3, -0.25) is 0 Å². The standard InChI is InChI=1S/C9H18NO.C5H14NO.ClH/c1-8(2)6-5-7-9(3,4)10(8)11;1-6(2,3)4-5-7;/h5-7H2,1-4H3;7H,4-5H2,1-3H3;1H/q;+1;/p-1. The first kappa shape index (κ1) is 21.4. The van der Waals surface area contributed by atoms with Crippen LogP contribution in [0.5, 0.6) is 0 Å². The number of hydrogen-bond donors (Lipinski definition) is 1. The van der Waals surface area contributed by atoms with E-state index in [0.29, 0.717) is 0 Å². The zero-order valence-corrected chi connectivity index (χ0v) is 14.4. The molecule has 0 aromatic rings. The van der Waals surface area contributed by atoms with Crippen LogP contribution in [-0.2, 0) is 5.21 Å². The highest BCUT2D eigenvalue weighted by atomic mass is 35.5. The van der Waals surface area contributed by atoms with Crippen molar-refractivity contribution in [3.8, 4) is 0 Å². The van der Waals surface area contributed by atoms with Crippen LogP contribution in [0.1, 0.15) is 47.0 Å². The van der Waals surface area contributed by atoms with E-state index in [0.717, 1.165) is 23.9 Å². The minimum atomic E-state index is -0.151. The second kappa shape index (κ2) is 7.79. The topological polar surface area (TPSA) is 43.4 Å². The first-order valence-corrected chi connectivity index (χ1v) is 6.81. The lowest BCUT2D eigenvalue weighted by Crippen LogP contribution is -3.00. The van der Waals surface area contributed by atoms with Crippen molar-refractivity contribution in [1.82, 2.24) is 5.06 Å². The summed E-state index contributed by atoms with van der Waals surface area (Å²) in [7, 11) is 6.16. The van der Waals surface area contributed by atoms with E-state index in [4.69, 9.17) is 5.11 Å². The largest absolute Gasteiger partial charge is 1.00 e. The maximum Gasteiger partial charge on any atom is 0.101 e. The van der Waals surface area contributed by atoms with Gasteiger partial charge in [-0.2, -0.15) is 0 Å². The van der Waals surface area contributed by atoms with E-state index in [1.165, 1.54) is 11.5 Å². The van der Waals surface area contributed by atoms with Crippen molar-refractivity contribution in [3.05, 3.63) is 0 Å². The van der Waals surface area contributed by atoms with Crippen molar-refractivity contribution in [1.29, 1.82) is 0 Å². The summed E-state index contributed by atoms with van der Waals surface area (Å²) in [5.41, 5.74) is -0.302. The van der Waals surface area contributed by atoms with Crippen LogP contribution in [0.3, 0.4) is 0 Å². The summed E-state index contributed by atoms with van der Waals surface area (Å²) in [6, 6.07) is 0. The summed E-state index contributed by atoms with van der Waals surface area (Å²) in [6.07, 6.45) is 3.23. The number of aliphatic hydroxyl groups is 1. The maximum atomic E-state index is 11.7. The van der Waals surface area contributed by atoms with Gasteiger partial charge >= 0.3 is 0 Å². The average molecular weight is 296 g/mol. The van der Waals surface area contributed by atoms with Gasteiger partial charge in [0.15, 0.2) is 0 Å². The van der Waals surface area contributed by atoms with E-state index in [2.05, 4.69) is 21.1 Å². The van der Waals surface area contributed by atoms with Gasteiger partial charge < -0.3 is 22.0 Å². The normalized spacial score (nSPS) is 21.9. The van der Waals surface area contributed by atoms with Crippen LogP contribution < -0.4 is 12.4 Å². The molecule has 0 amide bonds. The van der Waals surface area contributed by atoms with Gasteiger partial charge in [-0.25, -0.2) is 0 Å². The zero-order chi connectivity index (χ0) is 14.6. The van der Waals surface area contributed by atoms with Crippen molar-refractivity contribution in [2.24, 2.45) is 0 Å². The van der Waals surface area contributed by atoms with Gasteiger partial charge in [-0.15, -0.1) is 10.3 Å². The lowest BCUT2D eigenvalue weighted by molar-refractivity contribution is -0.870. The predicted octanol–water partition coefficient (Wildman–Crippen LogP) is -0.936. The molecule has 1 fully saturated rings. The Labute approximate surface area is 125 Å². The summed E-state index contributed by atoms with van der Waals surface area (Å²) >= 11 is 0. The molecule has 1 aliphatic heterocycles. The zero-order valence-electron chi connectivity index (χ0n) is 13.7. The fraction of sp³-hybridized carbons (Fsp3) is 1.00. The van der Waals surface area contributed by atoms with Crippen LogP contribution in [-0.4, -0.2) is 60.0 Å². The molecule has 0 aromatic heterocycles. The number of halogens is 1. The summed E-state index contributed by atoms with van der Waals surface area (Å²) in [5.74, 6) is 0. The Hall–Kier alpha value is 0.130. The molecule has 1 rings (SSSR count). The monoisotopic (exact) mass is 295 g/mol. The number of nitrogens with zero attached hydrogens (tertiary/aromatic N) is 2. The quantitative estimate of drug-likeness (QED) is 0.669. The van der Waals surface area contributed by atoms with Crippen LogP contribution in [0.15, 0.2) is 0 Å². The predicted molar refractivity (Wildman–Crippen MR) is 74.5 cm³/mol. The fourth-order valence-corrected chi connectivity index (χ4v) is 2.28. The number of hydrogen-bond acceptors (Lipinski definition) is 2. The Bertz CT molecular complexity index is 234. The molecule has 0 spiro atoms. The Morgan fingerprint density at radius 2 is 1.42 bits per heavy atom. The number of likely N-dealkylation sites (N-methyl/N-ethyl adjacent to an activating group) is 1. The molecule has 1 N–H and O–H groups in total. The van der Waals surface area contributed by atoms with Crippen LogP contribution in [0.4, 0.5) is 0 Å². The highest BCUT2D eigenvalue weighted by Gasteiger charge is 2.41. The lowest BCUT2D eigenvalue weighted by Gasteiger charge is -2.46. The number of aliphatic hydroxyl groups excluding tert-OH is 1. The Morgan fingerprint density at radius 3 is 1.58 bits per heavy atom. The first-order chi connectivity index (χ1) is 7.92. The molecule has 0 aliphatic carbocycles. The lowest BCUT2D eigenvalue weighted by atomic mass is 9.82. The summed E-state index contributed by atoms with van der Waals surface area (Å²) < 4.78 is 0.844. The van der Waals surface area contributed by atoms with E-state index in [-0.39, 0.29) is 30.1 Å². The van der Waals surface area contributed by atoms with Crippen LogP contribution in [0.25, 0.3) is 0 Å². The minimum Gasteiger partial charge on any atom is -1.00 e. The van der Waals surface area contributed by atoms with Crippen molar-refractivity contribution >= 4 is 0 Å². The van der Waals surface area contributed by atoms with Gasteiger partial charge in [0.2, 0.25) is 0 Å². The summed E-state index contributed by atoms with van der Waals surface area (Å²) in [5, 5.41) is 21.3. The van der Waals surface area contributed by atoms with Crippen molar-refractivity contribution < 1.29 is 27.2 Å². The average Bonchev–Trinajstić information content (AvgIpc) is 2.13. The highest BCUT2D eigenvalue weighted by Crippen LogP contribution is 2.36. The molecule has 1 radical (unpaired) electrons. The SMILES string of the molecule is CC1(C)CCCC(C)(C)N1[O].C[N+](C)(C)CCO.[Cl-]. The van der Waals surface area contributed by atoms with E-state index < -0.39 is 0 Å². The highest BCUT2D eigenvalue weighted by molar-refractivity contribution is 4.91. The van der Waals surface area contributed by atoms with Gasteiger partial charge in [0.05, 0.1) is 27.7 Å². The van der Waals surface area contributed by atoms with Gasteiger partial charge in [-0.05, 0) is 47.0 Å². The second-order valence-corrected chi connectivity index (χ2v) is 7.51. The van der Waals surface area contributed by atoms with E-state index in [1.807, 2.05) is 27.7 Å². The number of piperidine rings is 1. The van der Waals surface area contributed by atoms with E-state index in [9.17, 15) is 5.21 Å². The summed E-state index contributed by atoms with van der Waals surface area (Å²) in [4.78, 5) is 0. The van der Waals surface area contributed by atoms with Crippen molar-refractivity contribution in [2.75, 3.05) is 34.3 Å². The Balaban J connectivity index is 0. The van der Waals surface area contributed by atoms with Crippen LogP contribution in [0, 0.1) is 0 Å². The van der Waals surface area contributed by atoms with Crippen molar-refractivity contribution in [3.63, 3.8) is 0 Å². The molecule has 117 valence electrons. The fourth-order valence-electron chi connectivity index (χ4n) is 2.28. The molecule has 1 heterocycles. The van der Waals surface area contributed by atoms with E-state index in [1.54, 1.807) is 0 Å². The van der Waals surface area contributed by atoms with Gasteiger partial charge in [0.25, 0.3) is 0 Å². The second-order valence-electron chi connectivity index (χ2n) is 7.51. The Kier molecular flexibility index (Phi) is 8.79. The molecular formula is C14H32ClN2O2. The van der Waals surface area contributed by atoms with Gasteiger partial charge in [0, 0.05) is 11.1 Å². The minimum absolute atomic E-state index is 0. The summed E-state index contributed by atoms with van der Waals surface area (Å²) in [6.45, 7) is 9.23. The van der Waals surface area contributed by atoms with Crippen LogP contribution >= 0.6 is 0 Å². The number of hydroxylamine groups is 2. The first-order valence-electron chi connectivity index (χ1n) is 6.81.